The summed E-state index contributed by atoms with van der Waals surface area (Å²) < 4.78 is 78.9. The van der Waals surface area contributed by atoms with Crippen molar-refractivity contribution in [2.45, 2.75) is 9.79 Å². The molecule has 0 atom stereocenters. The molecule has 4 aromatic rings. The molecule has 164 valence electrons. The summed E-state index contributed by atoms with van der Waals surface area (Å²) in [6.45, 7) is 0. The minimum atomic E-state index is -4.57. The van der Waals surface area contributed by atoms with Crippen molar-refractivity contribution in [3.05, 3.63) is 89.0 Å². The first kappa shape index (κ1) is 21.7. The van der Waals surface area contributed by atoms with Crippen LogP contribution in [0.25, 0.3) is 22.1 Å². The van der Waals surface area contributed by atoms with Crippen molar-refractivity contribution < 1.29 is 30.2 Å². The van der Waals surface area contributed by atoms with Crippen LogP contribution >= 0.6 is 0 Å². The van der Waals surface area contributed by atoms with Gasteiger partial charge in [-0.15, -0.1) is 0 Å². The number of hydrogen-bond acceptors (Lipinski definition) is 6. The Balaban J connectivity index is 1.85. The number of sulfonamides is 1. The number of nitrogens with one attached hydrogen (secondary N) is 1. The maximum Gasteiger partial charge on any atom is 0.360 e. The molecule has 0 amide bonds. The molecule has 0 saturated heterocycles. The Morgan fingerprint density at radius 2 is 1.53 bits per heavy atom. The highest BCUT2D eigenvalue weighted by Crippen LogP contribution is 2.33. The monoisotopic (exact) mass is 475 g/mol. The fourth-order valence-corrected chi connectivity index (χ4v) is 4.96. The Kier molecular flexibility index (Phi) is 5.33. The lowest BCUT2D eigenvalue weighted by Gasteiger charge is -2.11. The van der Waals surface area contributed by atoms with Crippen molar-refractivity contribution in [2.75, 3.05) is 4.72 Å². The largest absolute Gasteiger partial charge is 0.421 e. The zero-order valence-corrected chi connectivity index (χ0v) is 17.7. The number of rotatable bonds is 5. The third-order valence-electron chi connectivity index (χ3n) is 4.57. The molecule has 8 nitrogen and oxygen atoms in total. The van der Waals surface area contributed by atoms with Crippen molar-refractivity contribution in [1.29, 1.82) is 0 Å². The molecular formula is C21H14FNO7S2. The molecule has 0 fully saturated rings. The van der Waals surface area contributed by atoms with E-state index in [4.69, 9.17) is 4.42 Å². The van der Waals surface area contributed by atoms with Gasteiger partial charge in [0, 0.05) is 16.5 Å². The lowest BCUT2D eigenvalue weighted by Crippen LogP contribution is -2.18. The van der Waals surface area contributed by atoms with Crippen LogP contribution in [0, 0.1) is 5.82 Å². The quantitative estimate of drug-likeness (QED) is 0.333. The van der Waals surface area contributed by atoms with E-state index in [0.29, 0.717) is 0 Å². The molecule has 2 N–H and O–H groups in total. The smallest absolute Gasteiger partial charge is 0.360 e. The van der Waals surface area contributed by atoms with E-state index in [0.717, 1.165) is 12.1 Å². The topological polar surface area (TPSA) is 131 Å². The second-order valence-electron chi connectivity index (χ2n) is 6.71. The van der Waals surface area contributed by atoms with Crippen LogP contribution in [0.1, 0.15) is 0 Å². The van der Waals surface area contributed by atoms with Gasteiger partial charge in [0.25, 0.3) is 20.1 Å². The minimum absolute atomic E-state index is 0.0118. The standard InChI is InChI=1S/C21H14FNO7S2/c22-14-6-4-7-15(12-14)31(25,26)23-18-11-13-5-3-9-17(20(13)30-21(18)24)16-8-1-2-10-19(16)32(27,28)29/h1-12,23H,(H,27,28,29). The van der Waals surface area contributed by atoms with Gasteiger partial charge >= 0.3 is 5.63 Å². The highest BCUT2D eigenvalue weighted by Gasteiger charge is 2.21. The summed E-state index contributed by atoms with van der Waals surface area (Å²) in [6, 6.07) is 15.6. The summed E-state index contributed by atoms with van der Waals surface area (Å²) in [6.07, 6.45) is 0. The summed E-state index contributed by atoms with van der Waals surface area (Å²) in [4.78, 5) is 11.8. The van der Waals surface area contributed by atoms with Crippen molar-refractivity contribution >= 4 is 36.8 Å². The van der Waals surface area contributed by atoms with E-state index in [9.17, 15) is 30.6 Å². The average Bonchev–Trinajstić information content (AvgIpc) is 2.73. The SMILES string of the molecule is O=c1oc2c(-c3ccccc3S(=O)(=O)O)cccc2cc1NS(=O)(=O)c1cccc(F)c1. The third-order valence-corrected chi connectivity index (χ3v) is 6.84. The average molecular weight is 475 g/mol. The molecule has 0 unspecified atom stereocenters. The summed E-state index contributed by atoms with van der Waals surface area (Å²) in [5.74, 6) is -0.763. The maximum atomic E-state index is 13.4. The van der Waals surface area contributed by atoms with E-state index in [1.165, 1.54) is 48.5 Å². The second-order valence-corrected chi connectivity index (χ2v) is 9.78. The zero-order valence-electron chi connectivity index (χ0n) is 16.0. The van der Waals surface area contributed by atoms with Gasteiger partial charge < -0.3 is 4.42 Å². The van der Waals surface area contributed by atoms with Crippen LogP contribution in [0.5, 0.6) is 0 Å². The first-order valence-corrected chi connectivity index (χ1v) is 11.9. The van der Waals surface area contributed by atoms with Gasteiger partial charge in [-0.3, -0.25) is 9.27 Å². The fraction of sp³-hybridized carbons (Fsp3) is 0. The van der Waals surface area contributed by atoms with Crippen LogP contribution in [0.4, 0.5) is 10.1 Å². The fourth-order valence-electron chi connectivity index (χ4n) is 3.18. The lowest BCUT2D eigenvalue weighted by molar-refractivity contribution is 0.483. The predicted octanol–water partition coefficient (Wildman–Crippen LogP) is 3.65. The van der Waals surface area contributed by atoms with Crippen molar-refractivity contribution in [3.8, 4) is 11.1 Å². The van der Waals surface area contributed by atoms with E-state index in [-0.39, 0.29) is 31.9 Å². The van der Waals surface area contributed by atoms with Crippen LogP contribution in [-0.2, 0) is 20.1 Å². The number of benzene rings is 3. The highest BCUT2D eigenvalue weighted by molar-refractivity contribution is 7.92. The minimum Gasteiger partial charge on any atom is -0.421 e. The van der Waals surface area contributed by atoms with Gasteiger partial charge in [-0.05, 0) is 30.3 Å². The molecule has 0 spiro atoms. The molecule has 0 aliphatic rings. The molecular weight excluding hydrogens is 461 g/mol. The molecule has 1 aromatic heterocycles. The third kappa shape index (κ3) is 4.13. The molecule has 3 aromatic carbocycles. The molecule has 1 heterocycles. The predicted molar refractivity (Wildman–Crippen MR) is 115 cm³/mol. The number of para-hydroxylation sites is 1. The molecule has 11 heteroatoms. The van der Waals surface area contributed by atoms with Gasteiger partial charge in [0.05, 0.1) is 4.90 Å². The molecule has 0 saturated carbocycles. The summed E-state index contributed by atoms with van der Waals surface area (Å²) in [5, 5.41) is 0.282. The first-order chi connectivity index (χ1) is 15.1. The Bertz CT molecular complexity index is 1630. The van der Waals surface area contributed by atoms with Gasteiger partial charge in [-0.2, -0.15) is 8.42 Å². The molecule has 4 rings (SSSR count). The highest BCUT2D eigenvalue weighted by atomic mass is 32.2. The number of halogens is 1. The van der Waals surface area contributed by atoms with Gasteiger partial charge in [0.1, 0.15) is 22.0 Å². The Morgan fingerprint density at radius 3 is 2.25 bits per heavy atom. The van der Waals surface area contributed by atoms with E-state index >= 15 is 0 Å². The molecule has 32 heavy (non-hydrogen) atoms. The van der Waals surface area contributed by atoms with Crippen LogP contribution in [0.15, 0.2) is 91.8 Å². The van der Waals surface area contributed by atoms with Crippen LogP contribution in [-0.4, -0.2) is 21.4 Å². The molecule has 0 aliphatic carbocycles. The van der Waals surface area contributed by atoms with E-state index in [1.54, 1.807) is 12.1 Å². The Hall–Kier alpha value is -3.54. The van der Waals surface area contributed by atoms with E-state index in [2.05, 4.69) is 4.72 Å². The van der Waals surface area contributed by atoms with E-state index < -0.39 is 37.3 Å². The van der Waals surface area contributed by atoms with Crippen molar-refractivity contribution in [2.24, 2.45) is 0 Å². The van der Waals surface area contributed by atoms with Crippen molar-refractivity contribution in [3.63, 3.8) is 0 Å². The summed E-state index contributed by atoms with van der Waals surface area (Å²) in [7, 11) is -8.85. The molecule has 0 aliphatic heterocycles. The molecule has 0 bridgehead atoms. The number of fused-ring (bicyclic) bond motifs is 1. The normalized spacial score (nSPS) is 12.1. The van der Waals surface area contributed by atoms with Gasteiger partial charge in [-0.25, -0.2) is 17.6 Å². The maximum absolute atomic E-state index is 13.4. The molecule has 0 radical (unpaired) electrons. The zero-order chi connectivity index (χ0) is 23.1. The van der Waals surface area contributed by atoms with Crippen molar-refractivity contribution in [1.82, 2.24) is 0 Å². The first-order valence-electron chi connectivity index (χ1n) is 8.98. The van der Waals surface area contributed by atoms with Gasteiger partial charge in [0.15, 0.2) is 0 Å². The Morgan fingerprint density at radius 1 is 0.844 bits per heavy atom. The van der Waals surface area contributed by atoms with Gasteiger partial charge in [-0.1, -0.05) is 42.5 Å². The number of anilines is 1. The number of hydrogen-bond donors (Lipinski definition) is 2. The van der Waals surface area contributed by atoms with Crippen LogP contribution in [0.2, 0.25) is 0 Å². The van der Waals surface area contributed by atoms with Crippen LogP contribution in [0.3, 0.4) is 0 Å². The second kappa shape index (κ2) is 7.86. The summed E-state index contributed by atoms with van der Waals surface area (Å²) in [5.41, 5.74) is -1.18. The van der Waals surface area contributed by atoms with E-state index in [1.807, 2.05) is 0 Å². The van der Waals surface area contributed by atoms with Gasteiger partial charge in [0.2, 0.25) is 0 Å². The van der Waals surface area contributed by atoms with Crippen LogP contribution < -0.4 is 10.3 Å². The Labute approximate surface area is 181 Å². The summed E-state index contributed by atoms with van der Waals surface area (Å²) >= 11 is 0. The lowest BCUT2D eigenvalue weighted by atomic mass is 10.0.